The molecule has 0 aliphatic heterocycles. The molecule has 0 nitrogen and oxygen atoms in total. The van der Waals surface area contributed by atoms with Crippen LogP contribution in [0.1, 0.15) is 44.9 Å². The van der Waals surface area contributed by atoms with E-state index >= 15 is 0 Å². The Morgan fingerprint density at radius 1 is 1.33 bits per heavy atom. The first-order valence-electron chi connectivity index (χ1n) is 5.48. The molecule has 3 unspecified atom stereocenters. The van der Waals surface area contributed by atoms with Crippen LogP contribution in [0.25, 0.3) is 0 Å². The van der Waals surface area contributed by atoms with E-state index in [0.717, 1.165) is 17.3 Å². The quantitative estimate of drug-likeness (QED) is 0.478. The average Bonchev–Trinajstić information content (AvgIpc) is 2.48. The summed E-state index contributed by atoms with van der Waals surface area (Å²) in [6.07, 6.45) is 10.4. The van der Waals surface area contributed by atoms with Gasteiger partial charge in [-0.1, -0.05) is 25.0 Å². The van der Waals surface area contributed by atoms with Crippen LogP contribution in [-0.4, -0.2) is 0 Å². The van der Waals surface area contributed by atoms with E-state index in [1.807, 2.05) is 0 Å². The zero-order valence-electron chi connectivity index (χ0n) is 7.81. The number of rotatable bonds is 0. The zero-order valence-corrected chi connectivity index (χ0v) is 7.81. The fraction of sp³-hybridized carbons (Fsp3) is 0.833. The molecule has 0 amide bonds. The fourth-order valence-electron chi connectivity index (χ4n) is 4.21. The van der Waals surface area contributed by atoms with Gasteiger partial charge in [0.1, 0.15) is 0 Å². The first kappa shape index (κ1) is 7.17. The molecule has 0 aromatic carbocycles. The summed E-state index contributed by atoms with van der Waals surface area (Å²) < 4.78 is 0. The van der Waals surface area contributed by atoms with Crippen LogP contribution in [0.2, 0.25) is 0 Å². The summed E-state index contributed by atoms with van der Waals surface area (Å²) in [6.45, 7) is 4.25. The Labute approximate surface area is 75.0 Å². The largest absolute Gasteiger partial charge is 0.0996 e. The topological polar surface area (TPSA) is 0 Å². The third-order valence-corrected chi connectivity index (χ3v) is 4.73. The van der Waals surface area contributed by atoms with Crippen LogP contribution in [-0.2, 0) is 0 Å². The van der Waals surface area contributed by atoms with Gasteiger partial charge in [0.05, 0.1) is 0 Å². The SMILES string of the molecule is C=C1CCC23CCCC(CC12)C3. The lowest BCUT2D eigenvalue weighted by molar-refractivity contribution is 0.190. The summed E-state index contributed by atoms with van der Waals surface area (Å²) in [5.41, 5.74) is 2.37. The maximum atomic E-state index is 4.25. The molecule has 0 aromatic heterocycles. The third-order valence-electron chi connectivity index (χ3n) is 4.73. The highest BCUT2D eigenvalue weighted by atomic mass is 14.6. The Hall–Kier alpha value is -0.260. The van der Waals surface area contributed by atoms with Gasteiger partial charge in [-0.3, -0.25) is 0 Å². The van der Waals surface area contributed by atoms with Crippen molar-refractivity contribution < 1.29 is 0 Å². The first-order valence-corrected chi connectivity index (χ1v) is 5.48. The molecule has 12 heavy (non-hydrogen) atoms. The second-order valence-electron chi connectivity index (χ2n) is 5.27. The van der Waals surface area contributed by atoms with Crippen LogP contribution in [0, 0.1) is 17.3 Å². The molecule has 3 rings (SSSR count). The molecule has 3 saturated carbocycles. The molecule has 2 bridgehead atoms. The van der Waals surface area contributed by atoms with E-state index in [-0.39, 0.29) is 0 Å². The predicted octanol–water partition coefficient (Wildman–Crippen LogP) is 3.53. The van der Waals surface area contributed by atoms with Crippen LogP contribution in [0.5, 0.6) is 0 Å². The highest BCUT2D eigenvalue weighted by Gasteiger charge is 2.52. The molecule has 0 N–H and O–H groups in total. The summed E-state index contributed by atoms with van der Waals surface area (Å²) in [5.74, 6) is 2.03. The predicted molar refractivity (Wildman–Crippen MR) is 50.9 cm³/mol. The molecule has 3 atom stereocenters. The minimum atomic E-state index is 0.778. The Morgan fingerprint density at radius 3 is 3.17 bits per heavy atom. The molecule has 0 saturated heterocycles. The van der Waals surface area contributed by atoms with E-state index in [4.69, 9.17) is 0 Å². The minimum absolute atomic E-state index is 0.778. The molecular formula is C12H18. The molecule has 0 aromatic rings. The van der Waals surface area contributed by atoms with Crippen LogP contribution < -0.4 is 0 Å². The van der Waals surface area contributed by atoms with E-state index in [1.54, 1.807) is 12.0 Å². The maximum Gasteiger partial charge on any atom is -0.0146 e. The third kappa shape index (κ3) is 0.739. The van der Waals surface area contributed by atoms with Gasteiger partial charge in [-0.25, -0.2) is 0 Å². The lowest BCUT2D eigenvalue weighted by Gasteiger charge is -2.32. The molecule has 3 aliphatic carbocycles. The molecule has 3 aliphatic rings. The smallest absolute Gasteiger partial charge is 0.0146 e. The standard InChI is InChI=1S/C12H18/c1-9-4-6-12-5-2-3-10(8-12)7-11(9)12/h10-11H,1-8H2. The average molecular weight is 162 g/mol. The highest BCUT2D eigenvalue weighted by Crippen LogP contribution is 2.63. The van der Waals surface area contributed by atoms with Gasteiger partial charge in [0.25, 0.3) is 0 Å². The molecule has 0 heterocycles. The Kier molecular flexibility index (Phi) is 1.29. The van der Waals surface area contributed by atoms with Crippen molar-refractivity contribution >= 4 is 0 Å². The maximum absolute atomic E-state index is 4.25. The van der Waals surface area contributed by atoms with Crippen molar-refractivity contribution in [2.75, 3.05) is 0 Å². The van der Waals surface area contributed by atoms with Crippen molar-refractivity contribution in [1.82, 2.24) is 0 Å². The van der Waals surface area contributed by atoms with Crippen LogP contribution in [0.3, 0.4) is 0 Å². The summed E-state index contributed by atoms with van der Waals surface area (Å²) in [4.78, 5) is 0. The van der Waals surface area contributed by atoms with Gasteiger partial charge in [0, 0.05) is 0 Å². The summed E-state index contributed by atoms with van der Waals surface area (Å²) in [7, 11) is 0. The first-order chi connectivity index (χ1) is 5.80. The normalized spacial score (nSPS) is 51.2. The van der Waals surface area contributed by atoms with Crippen LogP contribution in [0.4, 0.5) is 0 Å². The second-order valence-corrected chi connectivity index (χ2v) is 5.27. The number of hydrogen-bond donors (Lipinski definition) is 0. The molecule has 3 fully saturated rings. The van der Waals surface area contributed by atoms with Crippen molar-refractivity contribution in [1.29, 1.82) is 0 Å². The number of allylic oxidation sites excluding steroid dienone is 1. The Balaban J connectivity index is 1.98. The van der Waals surface area contributed by atoms with E-state index < -0.39 is 0 Å². The highest BCUT2D eigenvalue weighted by molar-refractivity contribution is 5.19. The Bertz CT molecular complexity index is 228. The van der Waals surface area contributed by atoms with Crippen molar-refractivity contribution in [2.45, 2.75) is 44.9 Å². The summed E-state index contributed by atoms with van der Waals surface area (Å²) in [6, 6.07) is 0. The van der Waals surface area contributed by atoms with Crippen molar-refractivity contribution in [3.05, 3.63) is 12.2 Å². The van der Waals surface area contributed by atoms with Crippen LogP contribution >= 0.6 is 0 Å². The monoisotopic (exact) mass is 162 g/mol. The molecule has 1 spiro atoms. The molecule has 0 heteroatoms. The van der Waals surface area contributed by atoms with Crippen LogP contribution in [0.15, 0.2) is 12.2 Å². The molecule has 66 valence electrons. The lowest BCUT2D eigenvalue weighted by Crippen LogP contribution is -2.22. The number of fused-ring (bicyclic) bond motifs is 1. The van der Waals surface area contributed by atoms with Crippen molar-refractivity contribution in [2.24, 2.45) is 17.3 Å². The second kappa shape index (κ2) is 2.16. The van der Waals surface area contributed by atoms with E-state index in [1.165, 1.54) is 38.5 Å². The summed E-state index contributed by atoms with van der Waals surface area (Å²) in [5, 5.41) is 0. The van der Waals surface area contributed by atoms with Crippen molar-refractivity contribution in [3.8, 4) is 0 Å². The fourth-order valence-corrected chi connectivity index (χ4v) is 4.21. The van der Waals surface area contributed by atoms with Gasteiger partial charge in [-0.2, -0.15) is 0 Å². The van der Waals surface area contributed by atoms with E-state index in [0.29, 0.717) is 0 Å². The van der Waals surface area contributed by atoms with Gasteiger partial charge in [-0.05, 0) is 49.4 Å². The zero-order chi connectivity index (χ0) is 8.18. The van der Waals surface area contributed by atoms with Gasteiger partial charge in [-0.15, -0.1) is 0 Å². The Morgan fingerprint density at radius 2 is 2.25 bits per heavy atom. The van der Waals surface area contributed by atoms with Gasteiger partial charge < -0.3 is 0 Å². The summed E-state index contributed by atoms with van der Waals surface area (Å²) >= 11 is 0. The molecule has 0 radical (unpaired) electrons. The van der Waals surface area contributed by atoms with E-state index in [9.17, 15) is 0 Å². The lowest BCUT2D eigenvalue weighted by atomic mass is 9.73. The van der Waals surface area contributed by atoms with E-state index in [2.05, 4.69) is 6.58 Å². The van der Waals surface area contributed by atoms with Gasteiger partial charge >= 0.3 is 0 Å². The van der Waals surface area contributed by atoms with Gasteiger partial charge in [0.15, 0.2) is 0 Å². The molecular weight excluding hydrogens is 144 g/mol. The van der Waals surface area contributed by atoms with Crippen molar-refractivity contribution in [3.63, 3.8) is 0 Å². The number of hydrogen-bond acceptors (Lipinski definition) is 0. The van der Waals surface area contributed by atoms with Gasteiger partial charge in [0.2, 0.25) is 0 Å². The minimum Gasteiger partial charge on any atom is -0.0996 e.